The molecule has 23 heavy (non-hydrogen) atoms. The molecule has 0 fully saturated rings. The highest BCUT2D eigenvalue weighted by molar-refractivity contribution is 9.10. The van der Waals surface area contributed by atoms with E-state index in [2.05, 4.69) is 81.0 Å². The lowest BCUT2D eigenvalue weighted by atomic mass is 9.81. The minimum atomic E-state index is -0.265. The summed E-state index contributed by atoms with van der Waals surface area (Å²) in [5.74, 6) is -0.265. The van der Waals surface area contributed by atoms with E-state index in [1.165, 1.54) is 17.2 Å². The van der Waals surface area contributed by atoms with Crippen molar-refractivity contribution in [3.05, 3.63) is 57.8 Å². The second kappa shape index (κ2) is 6.27. The average molecular weight is 378 g/mol. The molecule has 2 aromatic rings. The first-order valence-electron chi connectivity index (χ1n) is 7.86. The number of rotatable bonds is 2. The van der Waals surface area contributed by atoms with E-state index in [9.17, 15) is 4.39 Å². The Morgan fingerprint density at radius 3 is 2.09 bits per heavy atom. The van der Waals surface area contributed by atoms with Gasteiger partial charge in [-0.15, -0.1) is 0 Å². The van der Waals surface area contributed by atoms with E-state index in [1.807, 2.05) is 6.07 Å². The van der Waals surface area contributed by atoms with Crippen LogP contribution in [0.2, 0.25) is 0 Å². The smallest absolute Gasteiger partial charge is 0.139 e. The first-order valence-corrected chi connectivity index (χ1v) is 8.65. The zero-order chi connectivity index (χ0) is 17.4. The van der Waals surface area contributed by atoms with Crippen molar-refractivity contribution in [2.75, 3.05) is 5.32 Å². The summed E-state index contributed by atoms with van der Waals surface area (Å²) < 4.78 is 14.3. The molecule has 0 unspecified atom stereocenters. The monoisotopic (exact) mass is 377 g/mol. The maximum Gasteiger partial charge on any atom is 0.139 e. The molecule has 0 aromatic heterocycles. The molecule has 0 radical (unpaired) electrons. The van der Waals surface area contributed by atoms with Crippen LogP contribution >= 0.6 is 15.9 Å². The van der Waals surface area contributed by atoms with Crippen LogP contribution < -0.4 is 5.32 Å². The topological polar surface area (TPSA) is 12.0 Å². The molecule has 1 N–H and O–H groups in total. The van der Waals surface area contributed by atoms with Crippen molar-refractivity contribution >= 4 is 27.3 Å². The predicted octanol–water partition coefficient (Wildman–Crippen LogP) is 6.93. The molecule has 0 heterocycles. The van der Waals surface area contributed by atoms with Crippen molar-refractivity contribution < 1.29 is 4.39 Å². The third-order valence-corrected chi connectivity index (χ3v) is 4.72. The molecule has 0 aliphatic heterocycles. The van der Waals surface area contributed by atoms with E-state index < -0.39 is 0 Å². The lowest BCUT2D eigenvalue weighted by Gasteiger charge is -2.27. The van der Waals surface area contributed by atoms with Crippen LogP contribution in [0.3, 0.4) is 0 Å². The Bertz CT molecular complexity index is 709. The molecule has 0 spiro atoms. The van der Waals surface area contributed by atoms with Gasteiger partial charge in [0.25, 0.3) is 0 Å². The van der Waals surface area contributed by atoms with Crippen LogP contribution in [0.5, 0.6) is 0 Å². The molecule has 0 bridgehead atoms. The number of anilines is 2. The number of benzene rings is 2. The normalized spacial score (nSPS) is 12.3. The van der Waals surface area contributed by atoms with Crippen LogP contribution in [0, 0.1) is 5.82 Å². The Hall–Kier alpha value is -1.35. The molecular formula is C20H25BrFN. The fraction of sp³-hybridized carbons (Fsp3) is 0.400. The largest absolute Gasteiger partial charge is 0.354 e. The second-order valence-corrected chi connectivity index (χ2v) is 8.78. The van der Waals surface area contributed by atoms with Gasteiger partial charge in [0, 0.05) is 5.69 Å². The summed E-state index contributed by atoms with van der Waals surface area (Å²) in [4.78, 5) is 0. The molecule has 0 amide bonds. The van der Waals surface area contributed by atoms with Crippen molar-refractivity contribution in [2.45, 2.75) is 52.4 Å². The molecule has 0 aliphatic rings. The zero-order valence-corrected chi connectivity index (χ0v) is 16.3. The lowest BCUT2D eigenvalue weighted by molar-refractivity contribution is 0.578. The fourth-order valence-corrected chi connectivity index (χ4v) is 2.88. The van der Waals surface area contributed by atoms with Crippen LogP contribution in [0.4, 0.5) is 15.8 Å². The summed E-state index contributed by atoms with van der Waals surface area (Å²) in [5, 5.41) is 3.41. The predicted molar refractivity (Wildman–Crippen MR) is 101 cm³/mol. The van der Waals surface area contributed by atoms with Crippen LogP contribution in [-0.4, -0.2) is 0 Å². The van der Waals surface area contributed by atoms with E-state index in [0.717, 1.165) is 11.4 Å². The summed E-state index contributed by atoms with van der Waals surface area (Å²) in [6, 6.07) is 11.6. The van der Waals surface area contributed by atoms with Gasteiger partial charge in [-0.2, -0.15) is 0 Å². The Kier molecular flexibility index (Phi) is 4.91. The van der Waals surface area contributed by atoms with Gasteiger partial charge in [0.2, 0.25) is 0 Å². The van der Waals surface area contributed by atoms with Gasteiger partial charge in [0.1, 0.15) is 5.82 Å². The summed E-state index contributed by atoms with van der Waals surface area (Å²) in [7, 11) is 0. The highest BCUT2D eigenvalue weighted by atomic mass is 79.9. The second-order valence-electron chi connectivity index (χ2n) is 7.99. The van der Waals surface area contributed by atoms with Crippen molar-refractivity contribution in [2.24, 2.45) is 0 Å². The third kappa shape index (κ3) is 4.14. The Morgan fingerprint density at radius 2 is 1.52 bits per heavy atom. The van der Waals surface area contributed by atoms with Crippen molar-refractivity contribution in [1.29, 1.82) is 0 Å². The molecule has 2 rings (SSSR count). The minimum Gasteiger partial charge on any atom is -0.354 e. The van der Waals surface area contributed by atoms with Gasteiger partial charge in [-0.1, -0.05) is 59.7 Å². The molecule has 0 atom stereocenters. The Labute approximate surface area is 147 Å². The van der Waals surface area contributed by atoms with Gasteiger partial charge in [-0.05, 0) is 56.1 Å². The maximum absolute atomic E-state index is 13.8. The number of hydrogen-bond acceptors (Lipinski definition) is 1. The van der Waals surface area contributed by atoms with Gasteiger partial charge in [-0.25, -0.2) is 4.39 Å². The van der Waals surface area contributed by atoms with E-state index in [0.29, 0.717) is 4.47 Å². The van der Waals surface area contributed by atoms with Crippen LogP contribution in [0.15, 0.2) is 40.9 Å². The van der Waals surface area contributed by atoms with Crippen LogP contribution in [0.25, 0.3) is 0 Å². The third-order valence-electron chi connectivity index (χ3n) is 3.91. The van der Waals surface area contributed by atoms with Crippen LogP contribution in [0.1, 0.15) is 52.7 Å². The quantitative estimate of drug-likeness (QED) is 0.598. The summed E-state index contributed by atoms with van der Waals surface area (Å²) in [5.41, 5.74) is 4.28. The summed E-state index contributed by atoms with van der Waals surface area (Å²) >= 11 is 3.33. The molecule has 0 saturated carbocycles. The summed E-state index contributed by atoms with van der Waals surface area (Å²) in [6.45, 7) is 13.1. The van der Waals surface area contributed by atoms with Gasteiger partial charge < -0.3 is 5.32 Å². The number of hydrogen-bond donors (Lipinski definition) is 1. The van der Waals surface area contributed by atoms with E-state index in [-0.39, 0.29) is 16.6 Å². The van der Waals surface area contributed by atoms with Crippen molar-refractivity contribution in [3.8, 4) is 0 Å². The molecule has 0 aliphatic carbocycles. The Morgan fingerprint density at radius 1 is 0.870 bits per heavy atom. The van der Waals surface area contributed by atoms with Crippen molar-refractivity contribution in [1.82, 2.24) is 0 Å². The van der Waals surface area contributed by atoms with E-state index in [1.54, 1.807) is 6.07 Å². The molecule has 124 valence electrons. The van der Waals surface area contributed by atoms with Gasteiger partial charge in [0.05, 0.1) is 10.2 Å². The van der Waals surface area contributed by atoms with Gasteiger partial charge in [-0.3, -0.25) is 0 Å². The minimum absolute atomic E-state index is 0.00144. The Balaban J connectivity index is 2.56. The molecule has 3 heteroatoms. The molecular weight excluding hydrogens is 353 g/mol. The molecule has 2 aromatic carbocycles. The summed E-state index contributed by atoms with van der Waals surface area (Å²) in [6.07, 6.45) is 0. The van der Waals surface area contributed by atoms with Crippen LogP contribution in [-0.2, 0) is 10.8 Å². The number of halogens is 2. The zero-order valence-electron chi connectivity index (χ0n) is 14.7. The average Bonchev–Trinajstić information content (AvgIpc) is 2.41. The standard InChI is InChI=1S/C20H25BrFN/c1-19(2,3)13-10-11-14(20(4,5)6)17(12-13)23-16-9-7-8-15(22)18(16)21/h7-12,23H,1-6H3. The van der Waals surface area contributed by atoms with E-state index in [4.69, 9.17) is 0 Å². The lowest BCUT2D eigenvalue weighted by Crippen LogP contribution is -2.17. The first kappa shape index (κ1) is 18.0. The van der Waals surface area contributed by atoms with Crippen molar-refractivity contribution in [3.63, 3.8) is 0 Å². The van der Waals surface area contributed by atoms with E-state index >= 15 is 0 Å². The SMILES string of the molecule is CC(C)(C)c1ccc(C(C)(C)C)c(Nc2cccc(F)c2Br)c1. The first-order chi connectivity index (χ1) is 10.5. The molecule has 1 nitrogen and oxygen atoms in total. The van der Waals surface area contributed by atoms with Gasteiger partial charge >= 0.3 is 0 Å². The van der Waals surface area contributed by atoms with Gasteiger partial charge in [0.15, 0.2) is 0 Å². The fourth-order valence-electron chi connectivity index (χ4n) is 2.51. The maximum atomic E-state index is 13.8. The number of nitrogens with one attached hydrogen (secondary N) is 1. The molecule has 0 saturated heterocycles. The highest BCUT2D eigenvalue weighted by Gasteiger charge is 2.22. The highest BCUT2D eigenvalue weighted by Crippen LogP contribution is 2.37.